The van der Waals surface area contributed by atoms with Gasteiger partial charge in [-0.15, -0.1) is 0 Å². The molecule has 3 nitrogen and oxygen atoms in total. The topological polar surface area (TPSA) is 41.1 Å². The molecular formula is C14H19ClN2O. The molecule has 4 heteroatoms. The van der Waals surface area contributed by atoms with E-state index >= 15 is 0 Å². The maximum absolute atomic E-state index is 12.1. The third-order valence-corrected chi connectivity index (χ3v) is 3.76. The molecule has 0 aliphatic carbocycles. The normalized spacial score (nSPS) is 24.8. The van der Waals surface area contributed by atoms with Crippen molar-refractivity contribution in [2.75, 3.05) is 6.54 Å². The number of benzene rings is 1. The van der Waals surface area contributed by atoms with E-state index in [1.165, 1.54) is 0 Å². The first-order chi connectivity index (χ1) is 8.58. The zero-order valence-corrected chi connectivity index (χ0v) is 11.5. The van der Waals surface area contributed by atoms with E-state index in [0.29, 0.717) is 10.9 Å². The van der Waals surface area contributed by atoms with Crippen LogP contribution in [0.5, 0.6) is 0 Å². The minimum absolute atomic E-state index is 0.0224. The predicted molar refractivity (Wildman–Crippen MR) is 73.6 cm³/mol. The Bertz CT molecular complexity index is 436. The summed E-state index contributed by atoms with van der Waals surface area (Å²) in [4.78, 5) is 12.1. The molecule has 0 saturated carbocycles. The van der Waals surface area contributed by atoms with E-state index in [2.05, 4.69) is 17.6 Å². The van der Waals surface area contributed by atoms with Crippen molar-refractivity contribution in [1.29, 1.82) is 0 Å². The van der Waals surface area contributed by atoms with Crippen molar-refractivity contribution >= 4 is 17.5 Å². The molecule has 0 spiro atoms. The fraction of sp³-hybridized carbons (Fsp3) is 0.500. The van der Waals surface area contributed by atoms with Gasteiger partial charge in [0.25, 0.3) is 0 Å². The van der Waals surface area contributed by atoms with Crippen LogP contribution in [-0.2, 0) is 4.79 Å². The molecule has 1 heterocycles. The third-order valence-electron chi connectivity index (χ3n) is 3.52. The lowest BCUT2D eigenvalue weighted by Gasteiger charge is -2.20. The Labute approximate surface area is 113 Å². The van der Waals surface area contributed by atoms with Crippen LogP contribution < -0.4 is 10.6 Å². The highest BCUT2D eigenvalue weighted by Crippen LogP contribution is 2.19. The zero-order valence-electron chi connectivity index (χ0n) is 10.7. The Balaban J connectivity index is 1.98. The summed E-state index contributed by atoms with van der Waals surface area (Å²) in [6.45, 7) is 5.00. The summed E-state index contributed by atoms with van der Waals surface area (Å²) < 4.78 is 0. The van der Waals surface area contributed by atoms with Crippen molar-refractivity contribution in [1.82, 2.24) is 10.6 Å². The Hall–Kier alpha value is -1.06. The fourth-order valence-electron chi connectivity index (χ4n) is 2.35. The lowest BCUT2D eigenvalue weighted by molar-refractivity contribution is -0.124. The fourth-order valence-corrected chi connectivity index (χ4v) is 2.55. The number of carbonyl (C=O) groups is 1. The quantitative estimate of drug-likeness (QED) is 0.883. The lowest BCUT2D eigenvalue weighted by atomic mass is 10.0. The first-order valence-electron chi connectivity index (χ1n) is 6.37. The van der Waals surface area contributed by atoms with Gasteiger partial charge in [0, 0.05) is 5.02 Å². The second kappa shape index (κ2) is 5.72. The van der Waals surface area contributed by atoms with E-state index in [9.17, 15) is 4.79 Å². The maximum Gasteiger partial charge on any atom is 0.237 e. The average molecular weight is 267 g/mol. The summed E-state index contributed by atoms with van der Waals surface area (Å²) in [5, 5.41) is 6.97. The van der Waals surface area contributed by atoms with Crippen molar-refractivity contribution in [2.24, 2.45) is 5.92 Å². The molecule has 1 aromatic rings. The number of rotatable bonds is 3. The number of hydrogen-bond donors (Lipinski definition) is 2. The van der Waals surface area contributed by atoms with Crippen molar-refractivity contribution in [3.05, 3.63) is 34.9 Å². The first-order valence-corrected chi connectivity index (χ1v) is 6.75. The van der Waals surface area contributed by atoms with E-state index in [1.54, 1.807) is 0 Å². The molecule has 2 N–H and O–H groups in total. The molecule has 3 atom stereocenters. The number of amides is 1. The molecule has 3 unspecified atom stereocenters. The van der Waals surface area contributed by atoms with Gasteiger partial charge in [0.2, 0.25) is 5.91 Å². The van der Waals surface area contributed by atoms with E-state index in [0.717, 1.165) is 18.5 Å². The summed E-state index contributed by atoms with van der Waals surface area (Å²) in [7, 11) is 0. The number of nitrogens with one attached hydrogen (secondary N) is 2. The minimum Gasteiger partial charge on any atom is -0.348 e. The van der Waals surface area contributed by atoms with Crippen LogP contribution in [0.25, 0.3) is 0 Å². The Morgan fingerprint density at radius 2 is 2.33 bits per heavy atom. The highest BCUT2D eigenvalue weighted by Gasteiger charge is 2.29. The van der Waals surface area contributed by atoms with Gasteiger partial charge in [-0.25, -0.2) is 0 Å². The average Bonchev–Trinajstić information content (AvgIpc) is 2.75. The van der Waals surface area contributed by atoms with E-state index in [1.807, 2.05) is 31.2 Å². The van der Waals surface area contributed by atoms with Gasteiger partial charge in [-0.05, 0) is 43.5 Å². The summed E-state index contributed by atoms with van der Waals surface area (Å²) in [5.41, 5.74) is 1.03. The SMILES string of the molecule is CC(NC(=O)C1NCCC1C)c1cccc(Cl)c1. The number of carbonyl (C=O) groups excluding carboxylic acids is 1. The second-order valence-corrected chi connectivity index (χ2v) is 5.42. The van der Waals surface area contributed by atoms with Gasteiger partial charge in [-0.1, -0.05) is 30.7 Å². The van der Waals surface area contributed by atoms with Crippen LogP contribution in [0, 0.1) is 5.92 Å². The van der Waals surface area contributed by atoms with Gasteiger partial charge in [-0.3, -0.25) is 4.79 Å². The summed E-state index contributed by atoms with van der Waals surface area (Å²) in [6.07, 6.45) is 1.06. The van der Waals surface area contributed by atoms with E-state index in [4.69, 9.17) is 11.6 Å². The second-order valence-electron chi connectivity index (χ2n) is 4.98. The highest BCUT2D eigenvalue weighted by molar-refractivity contribution is 6.30. The zero-order chi connectivity index (χ0) is 13.1. The van der Waals surface area contributed by atoms with Crippen LogP contribution in [0.15, 0.2) is 24.3 Å². The molecule has 1 aliphatic rings. The standard InChI is InChI=1S/C14H19ClN2O/c1-9-6-7-16-13(9)14(18)17-10(2)11-4-3-5-12(15)8-11/h3-5,8-10,13,16H,6-7H2,1-2H3,(H,17,18). The molecule has 98 valence electrons. The van der Waals surface area contributed by atoms with Gasteiger partial charge >= 0.3 is 0 Å². The molecule has 0 bridgehead atoms. The van der Waals surface area contributed by atoms with Gasteiger partial charge in [0.15, 0.2) is 0 Å². The van der Waals surface area contributed by atoms with Crippen LogP contribution in [0.2, 0.25) is 5.02 Å². The van der Waals surface area contributed by atoms with Crippen molar-refractivity contribution < 1.29 is 4.79 Å². The lowest BCUT2D eigenvalue weighted by Crippen LogP contribution is -2.44. The predicted octanol–water partition coefficient (Wildman–Crippen LogP) is 2.52. The Morgan fingerprint density at radius 1 is 1.56 bits per heavy atom. The largest absolute Gasteiger partial charge is 0.348 e. The van der Waals surface area contributed by atoms with Gasteiger partial charge in [0.05, 0.1) is 12.1 Å². The molecule has 0 radical (unpaired) electrons. The molecule has 1 amide bonds. The smallest absolute Gasteiger partial charge is 0.237 e. The summed E-state index contributed by atoms with van der Waals surface area (Å²) in [6, 6.07) is 7.51. The molecular weight excluding hydrogens is 248 g/mol. The van der Waals surface area contributed by atoms with Gasteiger partial charge in [0.1, 0.15) is 0 Å². The number of hydrogen-bond acceptors (Lipinski definition) is 2. The molecule has 18 heavy (non-hydrogen) atoms. The van der Waals surface area contributed by atoms with Crippen LogP contribution in [0.4, 0.5) is 0 Å². The van der Waals surface area contributed by atoms with Crippen molar-refractivity contribution in [3.63, 3.8) is 0 Å². The molecule has 1 aromatic carbocycles. The molecule has 1 aliphatic heterocycles. The maximum atomic E-state index is 12.1. The van der Waals surface area contributed by atoms with Gasteiger partial charge < -0.3 is 10.6 Å². The molecule has 1 fully saturated rings. The monoisotopic (exact) mass is 266 g/mol. The van der Waals surface area contributed by atoms with Crippen LogP contribution in [-0.4, -0.2) is 18.5 Å². The summed E-state index contributed by atoms with van der Waals surface area (Å²) >= 11 is 5.95. The van der Waals surface area contributed by atoms with Crippen LogP contribution >= 0.6 is 11.6 Å². The van der Waals surface area contributed by atoms with Crippen molar-refractivity contribution in [3.8, 4) is 0 Å². The third kappa shape index (κ3) is 3.03. The Morgan fingerprint density at radius 3 is 2.94 bits per heavy atom. The number of halogens is 1. The van der Waals surface area contributed by atoms with Crippen LogP contribution in [0.3, 0.4) is 0 Å². The van der Waals surface area contributed by atoms with E-state index in [-0.39, 0.29) is 18.0 Å². The molecule has 2 rings (SSSR count). The van der Waals surface area contributed by atoms with Crippen molar-refractivity contribution in [2.45, 2.75) is 32.4 Å². The summed E-state index contributed by atoms with van der Waals surface area (Å²) in [5.74, 6) is 0.476. The Kier molecular flexibility index (Phi) is 4.25. The molecule has 0 aromatic heterocycles. The first kappa shape index (κ1) is 13.4. The van der Waals surface area contributed by atoms with E-state index < -0.39 is 0 Å². The van der Waals surface area contributed by atoms with Crippen LogP contribution in [0.1, 0.15) is 31.9 Å². The highest BCUT2D eigenvalue weighted by atomic mass is 35.5. The minimum atomic E-state index is -0.0633. The molecule has 1 saturated heterocycles. The van der Waals surface area contributed by atoms with Gasteiger partial charge in [-0.2, -0.15) is 0 Å².